The molecule has 0 aliphatic carbocycles. The molecule has 122 valence electrons. The summed E-state index contributed by atoms with van der Waals surface area (Å²) >= 11 is 0. The molecule has 0 fully saturated rings. The smallest absolute Gasteiger partial charge is 0.259 e. The van der Waals surface area contributed by atoms with Gasteiger partial charge in [-0.1, -0.05) is 12.1 Å². The first-order valence-electron chi connectivity index (χ1n) is 7.63. The number of ether oxygens (including phenoxy) is 2. The van der Waals surface area contributed by atoms with E-state index in [0.29, 0.717) is 18.3 Å². The molecule has 1 aromatic heterocycles. The Kier molecular flexibility index (Phi) is 4.86. The minimum atomic E-state index is 0.433. The number of hydrazone groups is 1. The maximum absolute atomic E-state index is 5.55. The van der Waals surface area contributed by atoms with E-state index in [1.165, 1.54) is 0 Å². The standard InChI is InChI=1S/C18H18N4O2/c1-3-24-18-17(20-15-6-4-5-7-16(15)21-18)22-19-12-13-8-10-14(23-2)11-9-13/h4-12H,3H2,1-2H3,(H,20,22). The lowest BCUT2D eigenvalue weighted by molar-refractivity contribution is 0.328. The molecule has 24 heavy (non-hydrogen) atoms. The second-order valence-electron chi connectivity index (χ2n) is 4.94. The fraction of sp³-hybridized carbons (Fsp3) is 0.167. The van der Waals surface area contributed by atoms with E-state index in [2.05, 4.69) is 20.5 Å². The average molecular weight is 322 g/mol. The molecule has 0 bridgehead atoms. The molecule has 0 aliphatic rings. The van der Waals surface area contributed by atoms with Crippen LogP contribution in [-0.2, 0) is 0 Å². The number of nitrogens with zero attached hydrogens (tertiary/aromatic N) is 3. The third-order valence-corrected chi connectivity index (χ3v) is 3.32. The van der Waals surface area contributed by atoms with Crippen LogP contribution >= 0.6 is 0 Å². The highest BCUT2D eigenvalue weighted by atomic mass is 16.5. The largest absolute Gasteiger partial charge is 0.497 e. The molecule has 0 amide bonds. The van der Waals surface area contributed by atoms with Crippen LogP contribution in [0.25, 0.3) is 11.0 Å². The Hall–Kier alpha value is -3.15. The van der Waals surface area contributed by atoms with E-state index in [9.17, 15) is 0 Å². The lowest BCUT2D eigenvalue weighted by Crippen LogP contribution is -2.03. The van der Waals surface area contributed by atoms with E-state index >= 15 is 0 Å². The maximum Gasteiger partial charge on any atom is 0.259 e. The van der Waals surface area contributed by atoms with Crippen molar-refractivity contribution in [3.63, 3.8) is 0 Å². The van der Waals surface area contributed by atoms with Crippen molar-refractivity contribution < 1.29 is 9.47 Å². The van der Waals surface area contributed by atoms with Gasteiger partial charge in [-0.05, 0) is 48.9 Å². The predicted molar refractivity (Wildman–Crippen MR) is 94.9 cm³/mol. The van der Waals surface area contributed by atoms with Crippen LogP contribution in [0.5, 0.6) is 11.6 Å². The third-order valence-electron chi connectivity index (χ3n) is 3.32. The first-order valence-corrected chi connectivity index (χ1v) is 7.63. The first-order chi connectivity index (χ1) is 11.8. The van der Waals surface area contributed by atoms with Crippen molar-refractivity contribution in [1.82, 2.24) is 9.97 Å². The highest BCUT2D eigenvalue weighted by molar-refractivity contribution is 5.81. The Morgan fingerprint density at radius 2 is 1.75 bits per heavy atom. The van der Waals surface area contributed by atoms with Gasteiger partial charge in [0.25, 0.3) is 5.88 Å². The molecule has 0 radical (unpaired) electrons. The van der Waals surface area contributed by atoms with Crippen molar-refractivity contribution in [3.05, 3.63) is 54.1 Å². The molecule has 3 rings (SSSR count). The summed E-state index contributed by atoms with van der Waals surface area (Å²) in [5.41, 5.74) is 5.41. The van der Waals surface area contributed by atoms with Crippen molar-refractivity contribution in [2.75, 3.05) is 19.1 Å². The van der Waals surface area contributed by atoms with E-state index in [0.717, 1.165) is 22.3 Å². The van der Waals surface area contributed by atoms with Crippen molar-refractivity contribution in [2.45, 2.75) is 6.92 Å². The molecule has 2 aromatic carbocycles. The molecule has 0 aliphatic heterocycles. The quantitative estimate of drug-likeness (QED) is 0.556. The van der Waals surface area contributed by atoms with E-state index in [1.54, 1.807) is 13.3 Å². The summed E-state index contributed by atoms with van der Waals surface area (Å²) < 4.78 is 10.7. The number of rotatable bonds is 6. The predicted octanol–water partition coefficient (Wildman–Crippen LogP) is 3.48. The molecule has 6 nitrogen and oxygen atoms in total. The van der Waals surface area contributed by atoms with E-state index in [1.807, 2.05) is 55.5 Å². The Morgan fingerprint density at radius 3 is 2.42 bits per heavy atom. The summed E-state index contributed by atoms with van der Waals surface area (Å²) in [5.74, 6) is 1.72. The lowest BCUT2D eigenvalue weighted by Gasteiger charge is -2.08. The van der Waals surface area contributed by atoms with Crippen molar-refractivity contribution >= 4 is 23.1 Å². The number of anilines is 1. The normalized spacial score (nSPS) is 10.9. The minimum Gasteiger partial charge on any atom is -0.497 e. The zero-order valence-electron chi connectivity index (χ0n) is 13.6. The summed E-state index contributed by atoms with van der Waals surface area (Å²) in [6, 6.07) is 15.2. The number of para-hydroxylation sites is 2. The molecule has 0 unspecified atom stereocenters. The van der Waals surface area contributed by atoms with Gasteiger partial charge in [0.1, 0.15) is 5.75 Å². The minimum absolute atomic E-state index is 0.433. The van der Waals surface area contributed by atoms with Gasteiger partial charge in [-0.25, -0.2) is 9.97 Å². The third kappa shape index (κ3) is 3.60. The number of aromatic nitrogens is 2. The van der Waals surface area contributed by atoms with Crippen LogP contribution in [0.3, 0.4) is 0 Å². The zero-order chi connectivity index (χ0) is 16.8. The number of nitrogens with one attached hydrogen (secondary N) is 1. The summed E-state index contributed by atoms with van der Waals surface area (Å²) in [5, 5.41) is 4.22. The van der Waals surface area contributed by atoms with Crippen LogP contribution in [0.1, 0.15) is 12.5 Å². The van der Waals surface area contributed by atoms with Crippen molar-refractivity contribution in [1.29, 1.82) is 0 Å². The van der Waals surface area contributed by atoms with Crippen LogP contribution in [0.15, 0.2) is 53.6 Å². The van der Waals surface area contributed by atoms with Crippen molar-refractivity contribution in [3.8, 4) is 11.6 Å². The number of benzene rings is 2. The second kappa shape index (κ2) is 7.41. The first kappa shape index (κ1) is 15.7. The van der Waals surface area contributed by atoms with Crippen LogP contribution < -0.4 is 14.9 Å². The summed E-state index contributed by atoms with van der Waals surface area (Å²) in [7, 11) is 1.64. The van der Waals surface area contributed by atoms with Crippen LogP contribution in [0.4, 0.5) is 5.82 Å². The SMILES string of the molecule is CCOc1nc2ccccc2nc1NN=Cc1ccc(OC)cc1. The van der Waals surface area contributed by atoms with E-state index in [4.69, 9.17) is 9.47 Å². The summed E-state index contributed by atoms with van der Waals surface area (Å²) in [6.07, 6.45) is 1.70. The number of hydrogen-bond acceptors (Lipinski definition) is 6. The monoisotopic (exact) mass is 322 g/mol. The maximum atomic E-state index is 5.55. The van der Waals surface area contributed by atoms with Crippen LogP contribution in [0.2, 0.25) is 0 Å². The molecule has 0 atom stereocenters. The highest BCUT2D eigenvalue weighted by Crippen LogP contribution is 2.23. The summed E-state index contributed by atoms with van der Waals surface area (Å²) in [6.45, 7) is 2.41. The molecule has 1 heterocycles. The Balaban J connectivity index is 1.82. The second-order valence-corrected chi connectivity index (χ2v) is 4.94. The van der Waals surface area contributed by atoms with Gasteiger partial charge in [0, 0.05) is 0 Å². The van der Waals surface area contributed by atoms with Gasteiger partial charge < -0.3 is 9.47 Å². The molecule has 0 saturated carbocycles. The highest BCUT2D eigenvalue weighted by Gasteiger charge is 2.08. The molecule has 1 N–H and O–H groups in total. The summed E-state index contributed by atoms with van der Waals surface area (Å²) in [4.78, 5) is 9.00. The lowest BCUT2D eigenvalue weighted by atomic mass is 10.2. The molecule has 0 saturated heterocycles. The van der Waals surface area contributed by atoms with E-state index in [-0.39, 0.29) is 0 Å². The van der Waals surface area contributed by atoms with Gasteiger partial charge in [-0.15, -0.1) is 0 Å². The van der Waals surface area contributed by atoms with Crippen molar-refractivity contribution in [2.24, 2.45) is 5.10 Å². The molecule has 0 spiro atoms. The van der Waals surface area contributed by atoms with Gasteiger partial charge in [0.2, 0.25) is 5.82 Å². The van der Waals surface area contributed by atoms with Gasteiger partial charge in [-0.2, -0.15) is 5.10 Å². The topological polar surface area (TPSA) is 68.6 Å². The Bertz CT molecular complexity index is 847. The van der Waals surface area contributed by atoms with Gasteiger partial charge >= 0.3 is 0 Å². The number of methoxy groups -OCH3 is 1. The number of fused-ring (bicyclic) bond motifs is 1. The van der Waals surface area contributed by atoms with Crippen LogP contribution in [-0.4, -0.2) is 29.9 Å². The van der Waals surface area contributed by atoms with Gasteiger partial charge in [-0.3, -0.25) is 5.43 Å². The molecule has 3 aromatic rings. The molecular formula is C18H18N4O2. The van der Waals surface area contributed by atoms with Gasteiger partial charge in [0.15, 0.2) is 0 Å². The molecule has 6 heteroatoms. The zero-order valence-corrected chi connectivity index (χ0v) is 13.6. The molecular weight excluding hydrogens is 304 g/mol. The fourth-order valence-electron chi connectivity index (χ4n) is 2.15. The van der Waals surface area contributed by atoms with Crippen LogP contribution in [0, 0.1) is 0 Å². The number of hydrogen-bond donors (Lipinski definition) is 1. The average Bonchev–Trinajstić information content (AvgIpc) is 2.63. The fourth-order valence-corrected chi connectivity index (χ4v) is 2.15. The Labute approximate surface area is 140 Å². The Morgan fingerprint density at radius 1 is 1.04 bits per heavy atom. The van der Waals surface area contributed by atoms with E-state index < -0.39 is 0 Å². The van der Waals surface area contributed by atoms with Gasteiger partial charge in [0.05, 0.1) is 31.0 Å².